The van der Waals surface area contributed by atoms with Crippen LogP contribution in [0.5, 0.6) is 0 Å². The molecular weight excluding hydrogens is 454 g/mol. The van der Waals surface area contributed by atoms with Crippen LogP contribution < -0.4 is 10.0 Å². The zero-order valence-corrected chi connectivity index (χ0v) is 19.5. The van der Waals surface area contributed by atoms with E-state index in [1.54, 1.807) is 48.5 Å². The molecule has 8 nitrogen and oxygen atoms in total. The van der Waals surface area contributed by atoms with Crippen LogP contribution in [0.1, 0.15) is 44.7 Å². The van der Waals surface area contributed by atoms with Crippen LogP contribution in [-0.4, -0.2) is 44.6 Å². The minimum Gasteiger partial charge on any atom is -0.352 e. The highest BCUT2D eigenvalue weighted by Gasteiger charge is 2.32. The summed E-state index contributed by atoms with van der Waals surface area (Å²) in [4.78, 5) is 39.3. The molecule has 1 heterocycles. The normalized spacial score (nSPS) is 13.4. The fourth-order valence-electron chi connectivity index (χ4n) is 4.02. The summed E-state index contributed by atoms with van der Waals surface area (Å²) < 4.78 is 25.5. The average molecular weight is 480 g/mol. The van der Waals surface area contributed by atoms with E-state index in [4.69, 9.17) is 0 Å². The highest BCUT2D eigenvalue weighted by Crippen LogP contribution is 2.30. The molecule has 3 amide bonds. The summed E-state index contributed by atoms with van der Waals surface area (Å²) in [5.74, 6) is -0.977. The van der Waals surface area contributed by atoms with Crippen LogP contribution >= 0.6 is 0 Å². The van der Waals surface area contributed by atoms with Crippen LogP contribution in [0, 0.1) is 0 Å². The fourth-order valence-corrected chi connectivity index (χ4v) is 4.79. The molecule has 0 bridgehead atoms. The molecule has 0 radical (unpaired) electrons. The molecule has 3 aromatic carbocycles. The molecule has 3 aromatic rings. The van der Waals surface area contributed by atoms with Crippen molar-refractivity contribution in [3.63, 3.8) is 0 Å². The van der Waals surface area contributed by atoms with Crippen LogP contribution in [0.3, 0.4) is 0 Å². The monoisotopic (exact) mass is 479 g/mol. The Kier molecular flexibility index (Phi) is 6.76. The van der Waals surface area contributed by atoms with Gasteiger partial charge in [-0.3, -0.25) is 19.3 Å². The Hall–Kier alpha value is -3.56. The molecule has 1 aliphatic heterocycles. The maximum absolute atomic E-state index is 12.9. The largest absolute Gasteiger partial charge is 0.352 e. The third-order valence-corrected chi connectivity index (χ3v) is 7.16. The molecular formula is C25H25N3O5S. The van der Waals surface area contributed by atoms with Crippen molar-refractivity contribution in [3.05, 3.63) is 82.9 Å². The Labute approximate surface area is 198 Å². The van der Waals surface area contributed by atoms with Gasteiger partial charge in [-0.15, -0.1) is 0 Å². The molecule has 4 rings (SSSR count). The van der Waals surface area contributed by atoms with Crippen LogP contribution in [0.4, 0.5) is 0 Å². The Morgan fingerprint density at radius 2 is 1.47 bits per heavy atom. The second-order valence-corrected chi connectivity index (χ2v) is 10.1. The number of benzene rings is 3. The van der Waals surface area contributed by atoms with E-state index in [9.17, 15) is 22.8 Å². The highest BCUT2D eigenvalue weighted by molar-refractivity contribution is 7.88. The topological polar surface area (TPSA) is 113 Å². The standard InChI is InChI=1S/C25H25N3O5S/c1-26-34(32,33)16-18-12-10-17(11-13-18)15-27-22(29)9-4-14-28-24(30)20-7-2-5-19-6-3-8-21(23(19)20)25(28)31/h2-3,5-8,10-13,26H,4,9,14-16H2,1H3,(H,27,29). The molecule has 2 N–H and O–H groups in total. The Morgan fingerprint density at radius 3 is 2.06 bits per heavy atom. The number of hydrogen-bond donors (Lipinski definition) is 2. The zero-order valence-electron chi connectivity index (χ0n) is 18.7. The second-order valence-electron chi connectivity index (χ2n) is 8.13. The lowest BCUT2D eigenvalue weighted by atomic mass is 9.94. The van der Waals surface area contributed by atoms with Gasteiger partial charge in [0.05, 0.1) is 5.75 Å². The average Bonchev–Trinajstić information content (AvgIpc) is 2.84. The van der Waals surface area contributed by atoms with Crippen LogP contribution in [-0.2, 0) is 27.1 Å². The number of carbonyl (C=O) groups excluding carboxylic acids is 3. The van der Waals surface area contributed by atoms with Gasteiger partial charge in [-0.1, -0.05) is 48.5 Å². The van der Waals surface area contributed by atoms with Crippen molar-refractivity contribution >= 4 is 38.5 Å². The number of hydrogen-bond acceptors (Lipinski definition) is 5. The molecule has 0 saturated heterocycles. The minimum atomic E-state index is -3.34. The summed E-state index contributed by atoms with van der Waals surface area (Å²) >= 11 is 0. The lowest BCUT2D eigenvalue weighted by Crippen LogP contribution is -2.41. The molecule has 0 spiro atoms. The van der Waals surface area contributed by atoms with Crippen molar-refractivity contribution in [2.75, 3.05) is 13.6 Å². The highest BCUT2D eigenvalue weighted by atomic mass is 32.2. The van der Waals surface area contributed by atoms with Gasteiger partial charge in [-0.05, 0) is 42.1 Å². The van der Waals surface area contributed by atoms with Crippen molar-refractivity contribution in [1.29, 1.82) is 0 Å². The zero-order chi connectivity index (χ0) is 24.3. The van der Waals surface area contributed by atoms with Gasteiger partial charge < -0.3 is 5.32 Å². The first-order chi connectivity index (χ1) is 16.3. The summed E-state index contributed by atoms with van der Waals surface area (Å²) in [7, 11) is -1.97. The third kappa shape index (κ3) is 5.00. The quantitative estimate of drug-likeness (QED) is 0.458. The SMILES string of the molecule is CNS(=O)(=O)Cc1ccc(CNC(=O)CCCN2C(=O)c3cccc4cccc(c34)C2=O)cc1. The van der Waals surface area contributed by atoms with Gasteiger partial charge in [0.1, 0.15) is 0 Å². The smallest absolute Gasteiger partial charge is 0.261 e. The van der Waals surface area contributed by atoms with E-state index >= 15 is 0 Å². The predicted molar refractivity (Wildman–Crippen MR) is 129 cm³/mol. The molecule has 0 unspecified atom stereocenters. The van der Waals surface area contributed by atoms with E-state index in [0.29, 0.717) is 35.0 Å². The molecule has 0 aromatic heterocycles. The van der Waals surface area contributed by atoms with E-state index in [1.165, 1.54) is 11.9 Å². The summed E-state index contributed by atoms with van der Waals surface area (Å²) in [6.45, 7) is 0.458. The lowest BCUT2D eigenvalue weighted by molar-refractivity contribution is -0.121. The maximum Gasteiger partial charge on any atom is 0.261 e. The first kappa shape index (κ1) is 23.6. The first-order valence-corrected chi connectivity index (χ1v) is 12.6. The van der Waals surface area contributed by atoms with Gasteiger partial charge in [-0.2, -0.15) is 0 Å². The number of nitrogens with one attached hydrogen (secondary N) is 2. The first-order valence-electron chi connectivity index (χ1n) is 10.9. The lowest BCUT2D eigenvalue weighted by Gasteiger charge is -2.27. The second kappa shape index (κ2) is 9.74. The minimum absolute atomic E-state index is 0.108. The van der Waals surface area contributed by atoms with E-state index in [1.807, 2.05) is 12.1 Å². The predicted octanol–water partition coefficient (Wildman–Crippen LogP) is 2.58. The number of rotatable bonds is 9. The fraction of sp³-hybridized carbons (Fsp3) is 0.240. The van der Waals surface area contributed by atoms with Gasteiger partial charge in [0.25, 0.3) is 11.8 Å². The Morgan fingerprint density at radius 1 is 0.882 bits per heavy atom. The number of carbonyl (C=O) groups is 3. The molecule has 0 fully saturated rings. The summed E-state index contributed by atoms with van der Waals surface area (Å²) in [5.41, 5.74) is 2.49. The Balaban J connectivity index is 1.29. The molecule has 0 atom stereocenters. The van der Waals surface area contributed by atoms with E-state index in [0.717, 1.165) is 10.9 Å². The summed E-state index contributed by atoms with van der Waals surface area (Å²) in [6, 6.07) is 17.7. The van der Waals surface area contributed by atoms with Crippen molar-refractivity contribution in [3.8, 4) is 0 Å². The van der Waals surface area contributed by atoms with Crippen LogP contribution in [0.2, 0.25) is 0 Å². The third-order valence-electron chi connectivity index (χ3n) is 5.82. The summed E-state index contributed by atoms with van der Waals surface area (Å²) in [6.07, 6.45) is 0.518. The van der Waals surface area contributed by atoms with Crippen molar-refractivity contribution in [1.82, 2.24) is 14.9 Å². The van der Waals surface area contributed by atoms with Crippen LogP contribution in [0.15, 0.2) is 60.7 Å². The summed E-state index contributed by atoms with van der Waals surface area (Å²) in [5, 5.41) is 4.35. The van der Waals surface area contributed by atoms with E-state index in [-0.39, 0.29) is 36.4 Å². The number of imide groups is 1. The van der Waals surface area contributed by atoms with E-state index in [2.05, 4.69) is 10.0 Å². The molecule has 0 aliphatic carbocycles. The van der Waals surface area contributed by atoms with E-state index < -0.39 is 10.0 Å². The number of amides is 3. The van der Waals surface area contributed by atoms with Gasteiger partial charge >= 0.3 is 0 Å². The van der Waals surface area contributed by atoms with Crippen molar-refractivity contribution in [2.45, 2.75) is 25.1 Å². The molecule has 34 heavy (non-hydrogen) atoms. The van der Waals surface area contributed by atoms with Gasteiger partial charge in [0.2, 0.25) is 15.9 Å². The van der Waals surface area contributed by atoms with Crippen molar-refractivity contribution in [2.24, 2.45) is 0 Å². The van der Waals surface area contributed by atoms with Gasteiger partial charge in [0.15, 0.2) is 0 Å². The van der Waals surface area contributed by atoms with Gasteiger partial charge in [-0.25, -0.2) is 13.1 Å². The molecule has 176 valence electrons. The van der Waals surface area contributed by atoms with Gasteiger partial charge in [0, 0.05) is 36.0 Å². The molecule has 1 aliphatic rings. The molecule has 0 saturated carbocycles. The Bertz CT molecular complexity index is 1320. The van der Waals surface area contributed by atoms with Crippen molar-refractivity contribution < 1.29 is 22.8 Å². The number of sulfonamides is 1. The molecule has 9 heteroatoms. The number of nitrogens with zero attached hydrogens (tertiary/aromatic N) is 1. The maximum atomic E-state index is 12.9. The van der Waals surface area contributed by atoms with Crippen LogP contribution in [0.25, 0.3) is 10.8 Å².